The Morgan fingerprint density at radius 3 is 2.87 bits per heavy atom. The summed E-state index contributed by atoms with van der Waals surface area (Å²) in [7, 11) is 0. The van der Waals surface area contributed by atoms with Gasteiger partial charge in [0, 0.05) is 41.3 Å². The van der Waals surface area contributed by atoms with Gasteiger partial charge in [0.2, 0.25) is 5.91 Å². The van der Waals surface area contributed by atoms with Crippen LogP contribution < -0.4 is 5.32 Å². The van der Waals surface area contributed by atoms with E-state index in [1.165, 1.54) is 10.4 Å². The van der Waals surface area contributed by atoms with Crippen LogP contribution in [0.5, 0.6) is 0 Å². The maximum absolute atomic E-state index is 11.9. The van der Waals surface area contributed by atoms with E-state index >= 15 is 0 Å². The van der Waals surface area contributed by atoms with Crippen LogP contribution in [0.15, 0.2) is 28.7 Å². The molecule has 23 heavy (non-hydrogen) atoms. The normalized spacial score (nSPS) is 17.8. The number of nitrogens with zero attached hydrogens (tertiary/aromatic N) is 2. The Labute approximate surface area is 148 Å². The maximum atomic E-state index is 11.9. The number of benzene rings is 1. The van der Waals surface area contributed by atoms with E-state index < -0.39 is 0 Å². The molecule has 2 aliphatic rings. The van der Waals surface area contributed by atoms with Gasteiger partial charge in [-0.15, -0.1) is 11.3 Å². The van der Waals surface area contributed by atoms with Crippen LogP contribution in [0.25, 0.3) is 0 Å². The standard InChI is InChI=1S/C17H18BrN3OS/c18-13-5-1-11(2-6-13)9-21-8-7-14-15(10-21)23-17(19-14)20-16(22)12-3-4-12/h1-2,5-6,12H,3-4,7-10H2,(H,19,20,22). The van der Waals surface area contributed by atoms with Crippen molar-refractivity contribution < 1.29 is 4.79 Å². The highest BCUT2D eigenvalue weighted by atomic mass is 79.9. The summed E-state index contributed by atoms with van der Waals surface area (Å²) >= 11 is 5.11. The minimum atomic E-state index is 0.141. The Kier molecular flexibility index (Phi) is 4.22. The molecule has 1 amide bonds. The molecule has 1 N–H and O–H groups in total. The molecule has 120 valence electrons. The molecule has 1 aliphatic carbocycles. The molecule has 1 fully saturated rings. The van der Waals surface area contributed by atoms with Gasteiger partial charge in [0.1, 0.15) is 0 Å². The van der Waals surface area contributed by atoms with Gasteiger partial charge in [0.15, 0.2) is 5.13 Å². The zero-order valence-corrected chi connectivity index (χ0v) is 15.1. The van der Waals surface area contributed by atoms with Crippen LogP contribution in [0, 0.1) is 5.92 Å². The van der Waals surface area contributed by atoms with E-state index in [9.17, 15) is 4.79 Å². The molecule has 0 unspecified atom stereocenters. The molecule has 1 aromatic heterocycles. The van der Waals surface area contributed by atoms with Crippen LogP contribution in [0.3, 0.4) is 0 Å². The minimum absolute atomic E-state index is 0.141. The van der Waals surface area contributed by atoms with Gasteiger partial charge in [-0.05, 0) is 30.5 Å². The molecule has 6 heteroatoms. The number of hydrogen-bond acceptors (Lipinski definition) is 4. The molecule has 2 aromatic rings. The Hall–Kier alpha value is -1.24. The monoisotopic (exact) mass is 391 g/mol. The second kappa shape index (κ2) is 6.34. The predicted octanol–water partition coefficient (Wildman–Crippen LogP) is 3.81. The lowest BCUT2D eigenvalue weighted by atomic mass is 10.1. The van der Waals surface area contributed by atoms with Crippen molar-refractivity contribution >= 4 is 38.3 Å². The number of carbonyl (C=O) groups is 1. The minimum Gasteiger partial charge on any atom is -0.302 e. The molecular weight excluding hydrogens is 374 g/mol. The van der Waals surface area contributed by atoms with Crippen molar-refractivity contribution in [2.75, 3.05) is 11.9 Å². The van der Waals surface area contributed by atoms with Crippen LogP contribution >= 0.6 is 27.3 Å². The predicted molar refractivity (Wildman–Crippen MR) is 95.4 cm³/mol. The van der Waals surface area contributed by atoms with Crippen molar-refractivity contribution in [1.82, 2.24) is 9.88 Å². The molecular formula is C17H18BrN3OS. The van der Waals surface area contributed by atoms with Gasteiger partial charge < -0.3 is 5.32 Å². The zero-order valence-electron chi connectivity index (χ0n) is 12.7. The van der Waals surface area contributed by atoms with E-state index in [0.29, 0.717) is 0 Å². The number of amides is 1. The average molecular weight is 392 g/mol. The third-order valence-corrected chi connectivity index (χ3v) is 5.83. The molecule has 2 heterocycles. The lowest BCUT2D eigenvalue weighted by molar-refractivity contribution is -0.117. The van der Waals surface area contributed by atoms with E-state index in [-0.39, 0.29) is 11.8 Å². The smallest absolute Gasteiger partial charge is 0.229 e. The van der Waals surface area contributed by atoms with E-state index in [2.05, 4.69) is 55.4 Å². The van der Waals surface area contributed by atoms with Crippen molar-refractivity contribution in [3.63, 3.8) is 0 Å². The van der Waals surface area contributed by atoms with Crippen molar-refractivity contribution in [1.29, 1.82) is 0 Å². The first kappa shape index (κ1) is 15.3. The highest BCUT2D eigenvalue weighted by Gasteiger charge is 2.30. The largest absolute Gasteiger partial charge is 0.302 e. The Morgan fingerprint density at radius 1 is 1.35 bits per heavy atom. The number of rotatable bonds is 4. The Morgan fingerprint density at radius 2 is 2.13 bits per heavy atom. The summed E-state index contributed by atoms with van der Waals surface area (Å²) in [5.41, 5.74) is 2.48. The molecule has 1 saturated carbocycles. The first-order valence-electron chi connectivity index (χ1n) is 7.93. The molecule has 0 spiro atoms. The summed E-state index contributed by atoms with van der Waals surface area (Å²) in [5, 5.41) is 3.75. The third-order valence-electron chi connectivity index (χ3n) is 4.31. The number of aromatic nitrogens is 1. The van der Waals surface area contributed by atoms with Crippen LogP contribution in [0.2, 0.25) is 0 Å². The van der Waals surface area contributed by atoms with Crippen molar-refractivity contribution in [2.45, 2.75) is 32.4 Å². The van der Waals surface area contributed by atoms with Gasteiger partial charge in [-0.25, -0.2) is 4.98 Å². The molecule has 4 rings (SSSR count). The molecule has 1 aliphatic heterocycles. The summed E-state index contributed by atoms with van der Waals surface area (Å²) in [6, 6.07) is 8.49. The van der Waals surface area contributed by atoms with E-state index in [1.807, 2.05) is 0 Å². The fraction of sp³-hybridized carbons (Fsp3) is 0.412. The molecule has 0 saturated heterocycles. The summed E-state index contributed by atoms with van der Waals surface area (Å²) in [6.07, 6.45) is 3.01. The van der Waals surface area contributed by atoms with Gasteiger partial charge in [-0.1, -0.05) is 28.1 Å². The quantitative estimate of drug-likeness (QED) is 0.861. The SMILES string of the molecule is O=C(Nc1nc2c(s1)CN(Cc1ccc(Br)cc1)CC2)C1CC1. The van der Waals surface area contributed by atoms with Crippen LogP contribution in [0.4, 0.5) is 5.13 Å². The Balaban J connectivity index is 1.41. The lowest BCUT2D eigenvalue weighted by Crippen LogP contribution is -2.29. The lowest BCUT2D eigenvalue weighted by Gasteiger charge is -2.25. The first-order chi connectivity index (χ1) is 11.2. The highest BCUT2D eigenvalue weighted by molar-refractivity contribution is 9.10. The third kappa shape index (κ3) is 3.65. The van der Waals surface area contributed by atoms with Crippen molar-refractivity contribution in [3.8, 4) is 0 Å². The fourth-order valence-electron chi connectivity index (χ4n) is 2.84. The van der Waals surface area contributed by atoms with Crippen LogP contribution in [-0.2, 0) is 24.3 Å². The topological polar surface area (TPSA) is 45.2 Å². The number of fused-ring (bicyclic) bond motifs is 1. The second-order valence-corrected chi connectivity index (χ2v) is 8.24. The first-order valence-corrected chi connectivity index (χ1v) is 9.54. The maximum Gasteiger partial charge on any atom is 0.229 e. The van der Waals surface area contributed by atoms with Crippen LogP contribution in [0.1, 0.15) is 29.0 Å². The van der Waals surface area contributed by atoms with Gasteiger partial charge >= 0.3 is 0 Å². The number of hydrogen-bond donors (Lipinski definition) is 1. The average Bonchev–Trinajstić information content (AvgIpc) is 3.31. The van der Waals surface area contributed by atoms with E-state index in [1.54, 1.807) is 11.3 Å². The summed E-state index contributed by atoms with van der Waals surface area (Å²) in [5.74, 6) is 0.368. The number of nitrogens with one attached hydrogen (secondary N) is 1. The van der Waals surface area contributed by atoms with Gasteiger partial charge in [-0.3, -0.25) is 9.69 Å². The molecule has 4 nitrogen and oxygen atoms in total. The van der Waals surface area contributed by atoms with Gasteiger partial charge in [0.05, 0.1) is 5.69 Å². The highest BCUT2D eigenvalue weighted by Crippen LogP contribution is 2.33. The van der Waals surface area contributed by atoms with E-state index in [0.717, 1.165) is 54.2 Å². The summed E-state index contributed by atoms with van der Waals surface area (Å²) < 4.78 is 1.11. The van der Waals surface area contributed by atoms with Crippen molar-refractivity contribution in [3.05, 3.63) is 44.9 Å². The number of carbonyl (C=O) groups excluding carboxylic acids is 1. The fourth-order valence-corrected chi connectivity index (χ4v) is 4.16. The van der Waals surface area contributed by atoms with E-state index in [4.69, 9.17) is 0 Å². The molecule has 0 bridgehead atoms. The Bertz CT molecular complexity index is 724. The zero-order chi connectivity index (χ0) is 15.8. The number of anilines is 1. The van der Waals surface area contributed by atoms with Gasteiger partial charge in [0.25, 0.3) is 0 Å². The molecule has 1 aromatic carbocycles. The second-order valence-electron chi connectivity index (χ2n) is 6.24. The van der Waals surface area contributed by atoms with Crippen molar-refractivity contribution in [2.24, 2.45) is 5.92 Å². The molecule has 0 radical (unpaired) electrons. The summed E-state index contributed by atoms with van der Waals surface area (Å²) in [6.45, 7) is 2.89. The summed E-state index contributed by atoms with van der Waals surface area (Å²) in [4.78, 5) is 20.2. The number of halogens is 1. The van der Waals surface area contributed by atoms with Gasteiger partial charge in [-0.2, -0.15) is 0 Å². The van der Waals surface area contributed by atoms with Crippen LogP contribution in [-0.4, -0.2) is 22.3 Å². The molecule has 0 atom stereocenters. The number of thiazole rings is 1.